The molecule has 6 heteroatoms. The van der Waals surface area contributed by atoms with Crippen LogP contribution in [0, 0.1) is 0 Å². The predicted molar refractivity (Wildman–Crippen MR) is 107 cm³/mol. The van der Waals surface area contributed by atoms with Crippen molar-refractivity contribution in [3.05, 3.63) is 71.3 Å². The average molecular weight is 392 g/mol. The fraction of sp³-hybridized carbons (Fsp3) is 0.348. The van der Waals surface area contributed by atoms with E-state index in [9.17, 15) is 19.5 Å². The smallest absolute Gasteiger partial charge is 0.328 e. The van der Waals surface area contributed by atoms with Crippen LogP contribution in [0.25, 0.3) is 0 Å². The second-order valence-corrected chi connectivity index (χ2v) is 7.81. The van der Waals surface area contributed by atoms with E-state index < -0.39 is 24.0 Å². The van der Waals surface area contributed by atoms with Crippen LogP contribution >= 0.6 is 0 Å². The molecule has 1 fully saturated rings. The monoisotopic (exact) mass is 392 g/mol. The summed E-state index contributed by atoms with van der Waals surface area (Å²) in [5, 5.41) is 9.71. The van der Waals surface area contributed by atoms with E-state index in [1.54, 1.807) is 11.8 Å². The van der Waals surface area contributed by atoms with Crippen molar-refractivity contribution in [3.63, 3.8) is 0 Å². The molecule has 2 heterocycles. The van der Waals surface area contributed by atoms with Gasteiger partial charge in [0.15, 0.2) is 0 Å². The third-order valence-electron chi connectivity index (χ3n) is 6.20. The van der Waals surface area contributed by atoms with Crippen molar-refractivity contribution < 1.29 is 19.5 Å². The van der Waals surface area contributed by atoms with Gasteiger partial charge in [0.1, 0.15) is 6.04 Å². The lowest BCUT2D eigenvalue weighted by Crippen LogP contribution is -2.67. The summed E-state index contributed by atoms with van der Waals surface area (Å²) in [7, 11) is 0. The highest BCUT2D eigenvalue weighted by Gasteiger charge is 2.47. The van der Waals surface area contributed by atoms with Crippen LogP contribution in [0.5, 0.6) is 0 Å². The van der Waals surface area contributed by atoms with Crippen LogP contribution in [0.1, 0.15) is 36.0 Å². The molecule has 4 atom stereocenters. The number of carboxylic acids is 1. The third-order valence-corrected chi connectivity index (χ3v) is 6.20. The maximum absolute atomic E-state index is 13.9. The first-order valence-corrected chi connectivity index (χ1v) is 9.91. The number of aliphatic carboxylic acids is 1. The molecule has 150 valence electrons. The topological polar surface area (TPSA) is 77.9 Å². The van der Waals surface area contributed by atoms with Crippen LogP contribution in [0.15, 0.2) is 54.6 Å². The Labute approximate surface area is 169 Å². The van der Waals surface area contributed by atoms with Crippen molar-refractivity contribution in [1.82, 2.24) is 9.80 Å². The zero-order valence-electron chi connectivity index (χ0n) is 16.3. The Balaban J connectivity index is 1.84. The van der Waals surface area contributed by atoms with Crippen molar-refractivity contribution in [2.45, 2.75) is 43.8 Å². The van der Waals surface area contributed by atoms with Gasteiger partial charge in [0.25, 0.3) is 0 Å². The van der Waals surface area contributed by atoms with Gasteiger partial charge in [0.05, 0.1) is 18.0 Å². The van der Waals surface area contributed by atoms with Gasteiger partial charge in [-0.15, -0.1) is 0 Å². The number of aryl methyl sites for hydroxylation is 1. The lowest BCUT2D eigenvalue weighted by molar-refractivity contribution is -0.160. The van der Waals surface area contributed by atoms with Crippen LogP contribution in [-0.4, -0.2) is 57.9 Å². The number of carbonyl (C=O) groups is 3. The van der Waals surface area contributed by atoms with E-state index >= 15 is 0 Å². The Morgan fingerprint density at radius 3 is 2.48 bits per heavy atom. The van der Waals surface area contributed by atoms with E-state index in [4.69, 9.17) is 0 Å². The zero-order chi connectivity index (χ0) is 20.5. The average Bonchev–Trinajstić information content (AvgIpc) is 2.72. The molecule has 2 aromatic rings. The second kappa shape index (κ2) is 7.70. The molecule has 29 heavy (non-hydrogen) atoms. The second-order valence-electron chi connectivity index (χ2n) is 7.81. The van der Waals surface area contributed by atoms with Gasteiger partial charge in [-0.3, -0.25) is 9.59 Å². The number of piperazine rings is 1. The first-order valence-electron chi connectivity index (χ1n) is 9.91. The fourth-order valence-corrected chi connectivity index (χ4v) is 4.89. The summed E-state index contributed by atoms with van der Waals surface area (Å²) in [6.45, 7) is 1.97. The van der Waals surface area contributed by atoms with Gasteiger partial charge in [0, 0.05) is 6.54 Å². The van der Waals surface area contributed by atoms with Crippen molar-refractivity contribution in [3.8, 4) is 0 Å². The zero-order valence-corrected chi connectivity index (χ0v) is 16.3. The summed E-state index contributed by atoms with van der Waals surface area (Å²) >= 11 is 0. The SMILES string of the molecule is CC1[C@@H](C(=O)O)N(C=O)CC2CCc3ccccc3C(c3ccccc3)C(=O)N21. The summed E-state index contributed by atoms with van der Waals surface area (Å²) in [5.41, 5.74) is 2.99. The van der Waals surface area contributed by atoms with Crippen LogP contribution in [0.4, 0.5) is 0 Å². The minimum atomic E-state index is -1.09. The number of carbonyl (C=O) groups excluding carboxylic acids is 2. The molecule has 3 unspecified atom stereocenters. The molecular formula is C23H24N2O4. The van der Waals surface area contributed by atoms with E-state index in [0.717, 1.165) is 23.1 Å². The number of fused-ring (bicyclic) bond motifs is 2. The summed E-state index contributed by atoms with van der Waals surface area (Å²) in [6, 6.07) is 15.7. The molecule has 0 aliphatic carbocycles. The van der Waals surface area contributed by atoms with Crippen molar-refractivity contribution in [2.75, 3.05) is 6.54 Å². The van der Waals surface area contributed by atoms with E-state index in [0.29, 0.717) is 12.8 Å². The largest absolute Gasteiger partial charge is 0.480 e. The lowest BCUT2D eigenvalue weighted by atomic mass is 9.81. The number of amides is 2. The maximum atomic E-state index is 13.9. The van der Waals surface area contributed by atoms with Crippen LogP contribution in [0.2, 0.25) is 0 Å². The molecule has 0 saturated carbocycles. The first kappa shape index (κ1) is 19.2. The van der Waals surface area contributed by atoms with Crippen LogP contribution < -0.4 is 0 Å². The Morgan fingerprint density at radius 1 is 1.10 bits per heavy atom. The Kier molecular flexibility index (Phi) is 5.09. The van der Waals surface area contributed by atoms with E-state index in [-0.39, 0.29) is 18.5 Å². The minimum absolute atomic E-state index is 0.0994. The number of nitrogens with zero attached hydrogens (tertiary/aromatic N) is 2. The van der Waals surface area contributed by atoms with Gasteiger partial charge in [-0.1, -0.05) is 54.6 Å². The minimum Gasteiger partial charge on any atom is -0.480 e. The quantitative estimate of drug-likeness (QED) is 0.813. The highest BCUT2D eigenvalue weighted by Crippen LogP contribution is 2.36. The van der Waals surface area contributed by atoms with Gasteiger partial charge in [0.2, 0.25) is 12.3 Å². The van der Waals surface area contributed by atoms with Gasteiger partial charge in [-0.05, 0) is 36.5 Å². The Morgan fingerprint density at radius 2 is 1.79 bits per heavy atom. The predicted octanol–water partition coefficient (Wildman–Crippen LogP) is 2.28. The van der Waals surface area contributed by atoms with Gasteiger partial charge < -0.3 is 14.9 Å². The molecule has 2 aliphatic rings. The number of benzene rings is 2. The van der Waals surface area contributed by atoms with E-state index in [1.807, 2.05) is 48.5 Å². The standard InChI is InChI=1S/C23H24N2O4/c1-15-21(23(28)29)24(14-26)13-18-12-11-16-7-5-6-10-19(16)20(22(27)25(15)18)17-8-3-2-4-9-17/h2-10,14-15,18,20-21H,11-13H2,1H3,(H,28,29)/t15?,18?,20?,21-/m0/s1. The number of hydrogen-bond acceptors (Lipinski definition) is 3. The molecule has 6 nitrogen and oxygen atoms in total. The van der Waals surface area contributed by atoms with Crippen LogP contribution in [-0.2, 0) is 20.8 Å². The molecule has 1 saturated heterocycles. The molecule has 0 radical (unpaired) electrons. The van der Waals surface area contributed by atoms with E-state index in [2.05, 4.69) is 6.07 Å². The van der Waals surface area contributed by atoms with E-state index in [1.165, 1.54) is 4.90 Å². The summed E-state index contributed by atoms with van der Waals surface area (Å²) in [5.74, 6) is -1.68. The number of hydrogen-bond donors (Lipinski definition) is 1. The molecular weight excluding hydrogens is 368 g/mol. The lowest BCUT2D eigenvalue weighted by Gasteiger charge is -2.50. The highest BCUT2D eigenvalue weighted by atomic mass is 16.4. The number of rotatable bonds is 3. The maximum Gasteiger partial charge on any atom is 0.328 e. The molecule has 0 bridgehead atoms. The van der Waals surface area contributed by atoms with Gasteiger partial charge in [-0.25, -0.2) is 4.79 Å². The Hall–Kier alpha value is -3.15. The van der Waals surface area contributed by atoms with Crippen molar-refractivity contribution >= 4 is 18.3 Å². The summed E-state index contributed by atoms with van der Waals surface area (Å²) in [4.78, 5) is 40.4. The molecule has 4 rings (SSSR count). The number of carboxylic acid groups (broad SMARTS) is 1. The molecule has 0 aromatic heterocycles. The summed E-state index contributed by atoms with van der Waals surface area (Å²) in [6.07, 6.45) is 2.05. The first-order chi connectivity index (χ1) is 14.0. The fourth-order valence-electron chi connectivity index (χ4n) is 4.89. The van der Waals surface area contributed by atoms with Crippen molar-refractivity contribution in [2.24, 2.45) is 0 Å². The molecule has 2 aromatic carbocycles. The highest BCUT2D eigenvalue weighted by molar-refractivity contribution is 5.90. The summed E-state index contributed by atoms with van der Waals surface area (Å²) < 4.78 is 0. The van der Waals surface area contributed by atoms with Crippen molar-refractivity contribution in [1.29, 1.82) is 0 Å². The molecule has 1 N–H and O–H groups in total. The van der Waals surface area contributed by atoms with Gasteiger partial charge >= 0.3 is 5.97 Å². The molecule has 2 aliphatic heterocycles. The molecule has 0 spiro atoms. The van der Waals surface area contributed by atoms with Crippen LogP contribution in [0.3, 0.4) is 0 Å². The van der Waals surface area contributed by atoms with Gasteiger partial charge in [-0.2, -0.15) is 0 Å². The Bertz CT molecular complexity index is 929. The molecule has 2 amide bonds. The normalized spacial score (nSPS) is 26.7. The third kappa shape index (κ3) is 3.28.